The molecule has 4 heteroatoms. The van der Waals surface area contributed by atoms with Crippen molar-refractivity contribution in [2.24, 2.45) is 0 Å². The highest BCUT2D eigenvalue weighted by Gasteiger charge is 2.05. The Balaban J connectivity index is 1.92. The van der Waals surface area contributed by atoms with Crippen molar-refractivity contribution in [3.63, 3.8) is 0 Å². The normalized spacial score (nSPS) is 10.3. The van der Waals surface area contributed by atoms with Crippen LogP contribution in [-0.4, -0.2) is 17.1 Å². The molecule has 0 aliphatic heterocycles. The van der Waals surface area contributed by atoms with Crippen LogP contribution in [0.1, 0.15) is 5.82 Å². The van der Waals surface area contributed by atoms with Gasteiger partial charge in [-0.3, -0.25) is 0 Å². The van der Waals surface area contributed by atoms with Gasteiger partial charge in [0.2, 0.25) is 0 Å². The van der Waals surface area contributed by atoms with Crippen molar-refractivity contribution in [1.82, 2.24) is 9.97 Å². The van der Waals surface area contributed by atoms with Gasteiger partial charge in [0, 0.05) is 17.3 Å². The fourth-order valence-corrected chi connectivity index (χ4v) is 2.21. The Hall–Kier alpha value is -2.88. The third kappa shape index (κ3) is 3.23. The molecule has 2 aromatic carbocycles. The second kappa shape index (κ2) is 6.26. The van der Waals surface area contributed by atoms with Crippen molar-refractivity contribution in [1.29, 1.82) is 0 Å². The summed E-state index contributed by atoms with van der Waals surface area (Å²) in [5.41, 5.74) is 2.91. The van der Waals surface area contributed by atoms with Gasteiger partial charge in [-0.2, -0.15) is 0 Å². The average Bonchev–Trinajstić information content (AvgIpc) is 2.55. The minimum absolute atomic E-state index is 0.728. The lowest BCUT2D eigenvalue weighted by atomic mass is 10.1. The Bertz CT molecular complexity index is 755. The van der Waals surface area contributed by atoms with Gasteiger partial charge in [-0.25, -0.2) is 9.97 Å². The second-order valence-electron chi connectivity index (χ2n) is 4.91. The molecule has 0 atom stereocenters. The summed E-state index contributed by atoms with van der Waals surface area (Å²) in [7, 11) is 1.66. The highest BCUT2D eigenvalue weighted by molar-refractivity contribution is 5.66. The summed E-state index contributed by atoms with van der Waals surface area (Å²) in [6.07, 6.45) is 0. The van der Waals surface area contributed by atoms with Gasteiger partial charge in [0.05, 0.1) is 12.8 Å². The van der Waals surface area contributed by atoms with Gasteiger partial charge >= 0.3 is 0 Å². The first-order valence-corrected chi connectivity index (χ1v) is 7.07. The molecule has 0 amide bonds. The van der Waals surface area contributed by atoms with Gasteiger partial charge in [0.1, 0.15) is 17.4 Å². The van der Waals surface area contributed by atoms with Crippen LogP contribution in [0.4, 0.5) is 11.5 Å². The number of nitrogens with zero attached hydrogens (tertiary/aromatic N) is 2. The van der Waals surface area contributed by atoms with Crippen LogP contribution in [0.5, 0.6) is 5.75 Å². The lowest BCUT2D eigenvalue weighted by Crippen LogP contribution is -1.98. The molecule has 0 spiro atoms. The summed E-state index contributed by atoms with van der Waals surface area (Å²) in [6, 6.07) is 19.8. The molecule has 0 bridgehead atoms. The first-order chi connectivity index (χ1) is 10.7. The summed E-state index contributed by atoms with van der Waals surface area (Å²) >= 11 is 0. The third-order valence-corrected chi connectivity index (χ3v) is 3.27. The molecule has 1 N–H and O–H groups in total. The van der Waals surface area contributed by atoms with E-state index < -0.39 is 0 Å². The fourth-order valence-electron chi connectivity index (χ4n) is 2.21. The molecular weight excluding hydrogens is 274 g/mol. The van der Waals surface area contributed by atoms with Crippen LogP contribution >= 0.6 is 0 Å². The SMILES string of the molecule is COc1ccc(-c2cc(Nc3ccccc3)nc(C)n2)cc1. The molecular formula is C18H17N3O. The second-order valence-corrected chi connectivity index (χ2v) is 4.91. The Morgan fingerprint density at radius 2 is 1.64 bits per heavy atom. The molecule has 1 aromatic heterocycles. The van der Waals surface area contributed by atoms with Crippen molar-refractivity contribution < 1.29 is 4.74 Å². The van der Waals surface area contributed by atoms with E-state index in [1.165, 1.54) is 0 Å². The molecule has 110 valence electrons. The number of benzene rings is 2. The van der Waals surface area contributed by atoms with Gasteiger partial charge in [-0.1, -0.05) is 18.2 Å². The summed E-state index contributed by atoms with van der Waals surface area (Å²) in [5, 5.41) is 3.30. The van der Waals surface area contributed by atoms with Crippen molar-refractivity contribution >= 4 is 11.5 Å². The maximum Gasteiger partial charge on any atom is 0.134 e. The van der Waals surface area contributed by atoms with Gasteiger partial charge < -0.3 is 10.1 Å². The van der Waals surface area contributed by atoms with E-state index in [1.807, 2.05) is 67.6 Å². The molecule has 0 unspecified atom stereocenters. The van der Waals surface area contributed by atoms with Gasteiger partial charge in [0.15, 0.2) is 0 Å². The number of para-hydroxylation sites is 1. The Morgan fingerprint density at radius 3 is 2.32 bits per heavy atom. The van der Waals surface area contributed by atoms with Crippen LogP contribution in [0, 0.1) is 6.92 Å². The minimum Gasteiger partial charge on any atom is -0.497 e. The zero-order chi connectivity index (χ0) is 15.4. The van der Waals surface area contributed by atoms with Crippen molar-refractivity contribution in [3.8, 4) is 17.0 Å². The number of hydrogen-bond acceptors (Lipinski definition) is 4. The number of aryl methyl sites for hydroxylation is 1. The first-order valence-electron chi connectivity index (χ1n) is 7.07. The smallest absolute Gasteiger partial charge is 0.134 e. The van der Waals surface area contributed by atoms with E-state index in [1.54, 1.807) is 7.11 Å². The molecule has 0 aliphatic carbocycles. The zero-order valence-electron chi connectivity index (χ0n) is 12.6. The molecule has 22 heavy (non-hydrogen) atoms. The number of rotatable bonds is 4. The van der Waals surface area contributed by atoms with Crippen LogP contribution in [0.3, 0.4) is 0 Å². The minimum atomic E-state index is 0.728. The van der Waals surface area contributed by atoms with Crippen LogP contribution in [0.2, 0.25) is 0 Å². The van der Waals surface area contributed by atoms with E-state index in [-0.39, 0.29) is 0 Å². The van der Waals surface area contributed by atoms with Gasteiger partial charge in [-0.05, 0) is 43.3 Å². The van der Waals surface area contributed by atoms with E-state index in [0.29, 0.717) is 0 Å². The topological polar surface area (TPSA) is 47.0 Å². The molecule has 1 heterocycles. The van der Waals surface area contributed by atoms with E-state index in [4.69, 9.17) is 4.74 Å². The van der Waals surface area contributed by atoms with Gasteiger partial charge in [0.25, 0.3) is 0 Å². The summed E-state index contributed by atoms with van der Waals surface area (Å²) in [5.74, 6) is 2.34. The standard InChI is InChI=1S/C18H17N3O/c1-13-19-17(14-8-10-16(22-2)11-9-14)12-18(20-13)21-15-6-4-3-5-7-15/h3-12H,1-2H3,(H,19,20,21). The lowest BCUT2D eigenvalue weighted by molar-refractivity contribution is 0.415. The summed E-state index contributed by atoms with van der Waals surface area (Å²) in [6.45, 7) is 1.89. The van der Waals surface area contributed by atoms with E-state index in [2.05, 4.69) is 15.3 Å². The Kier molecular flexibility index (Phi) is 4.01. The number of ether oxygens (including phenoxy) is 1. The van der Waals surface area contributed by atoms with Crippen LogP contribution in [0.15, 0.2) is 60.7 Å². The van der Waals surface area contributed by atoms with Crippen molar-refractivity contribution in [2.75, 3.05) is 12.4 Å². The molecule has 0 aliphatic rings. The monoisotopic (exact) mass is 291 g/mol. The van der Waals surface area contributed by atoms with Crippen LogP contribution in [-0.2, 0) is 0 Å². The predicted molar refractivity (Wildman–Crippen MR) is 88.5 cm³/mol. The highest BCUT2D eigenvalue weighted by Crippen LogP contribution is 2.24. The van der Waals surface area contributed by atoms with Crippen molar-refractivity contribution in [2.45, 2.75) is 6.92 Å². The number of methoxy groups -OCH3 is 1. The maximum atomic E-state index is 5.19. The molecule has 0 fully saturated rings. The summed E-state index contributed by atoms with van der Waals surface area (Å²) < 4.78 is 5.19. The van der Waals surface area contributed by atoms with Gasteiger partial charge in [-0.15, -0.1) is 0 Å². The Morgan fingerprint density at radius 1 is 0.909 bits per heavy atom. The highest BCUT2D eigenvalue weighted by atomic mass is 16.5. The molecule has 4 nitrogen and oxygen atoms in total. The molecule has 0 saturated carbocycles. The molecule has 0 radical (unpaired) electrons. The van der Waals surface area contributed by atoms with E-state index in [9.17, 15) is 0 Å². The van der Waals surface area contributed by atoms with Crippen LogP contribution in [0.25, 0.3) is 11.3 Å². The molecule has 3 rings (SSSR count). The maximum absolute atomic E-state index is 5.19. The quantitative estimate of drug-likeness (QED) is 0.782. The predicted octanol–water partition coefficient (Wildman–Crippen LogP) is 4.20. The van der Waals surface area contributed by atoms with Crippen molar-refractivity contribution in [3.05, 3.63) is 66.5 Å². The average molecular weight is 291 g/mol. The Labute approximate surface area is 129 Å². The molecule has 3 aromatic rings. The largest absolute Gasteiger partial charge is 0.497 e. The number of anilines is 2. The fraction of sp³-hybridized carbons (Fsp3) is 0.111. The number of nitrogens with one attached hydrogen (secondary N) is 1. The summed E-state index contributed by atoms with van der Waals surface area (Å²) in [4.78, 5) is 8.95. The number of aromatic nitrogens is 2. The van der Waals surface area contributed by atoms with E-state index in [0.717, 1.165) is 34.3 Å². The first kappa shape index (κ1) is 14.1. The lowest BCUT2D eigenvalue weighted by Gasteiger charge is -2.09. The van der Waals surface area contributed by atoms with E-state index >= 15 is 0 Å². The van der Waals surface area contributed by atoms with Crippen LogP contribution < -0.4 is 10.1 Å². The number of hydrogen-bond donors (Lipinski definition) is 1. The third-order valence-electron chi connectivity index (χ3n) is 3.27. The molecule has 0 saturated heterocycles. The zero-order valence-corrected chi connectivity index (χ0v) is 12.6.